The van der Waals surface area contributed by atoms with Gasteiger partial charge in [0.1, 0.15) is 11.6 Å². The molecule has 1 saturated heterocycles. The number of pyridine rings is 1. The molecule has 1 fully saturated rings. The molecule has 0 amide bonds. The summed E-state index contributed by atoms with van der Waals surface area (Å²) in [6.45, 7) is 3.67. The summed E-state index contributed by atoms with van der Waals surface area (Å²) >= 11 is 0. The second-order valence-corrected chi connectivity index (χ2v) is 6.17. The summed E-state index contributed by atoms with van der Waals surface area (Å²) in [7, 11) is 0. The predicted octanol–water partition coefficient (Wildman–Crippen LogP) is 3.70. The van der Waals surface area contributed by atoms with Crippen LogP contribution in [0.2, 0.25) is 0 Å². The first-order valence-electron chi connectivity index (χ1n) is 8.24. The standard InChI is InChI=1S/C19H20FNO4/c1-12-16(9-21-10-17(12)19(22)23)15-8-14(20)2-3-18(15)25-11-13-4-6-24-7-5-13/h2-3,8-10,13H,4-7,11H2,1H3,(H,22,23). The minimum absolute atomic E-state index is 0.0946. The van der Waals surface area contributed by atoms with Gasteiger partial charge in [-0.2, -0.15) is 0 Å². The highest BCUT2D eigenvalue weighted by Crippen LogP contribution is 2.34. The highest BCUT2D eigenvalue weighted by atomic mass is 19.1. The molecule has 1 aromatic heterocycles. The lowest BCUT2D eigenvalue weighted by Gasteiger charge is -2.23. The third-order valence-electron chi connectivity index (χ3n) is 4.49. The van der Waals surface area contributed by atoms with E-state index in [9.17, 15) is 14.3 Å². The Morgan fingerprint density at radius 1 is 1.32 bits per heavy atom. The van der Waals surface area contributed by atoms with Gasteiger partial charge < -0.3 is 14.6 Å². The molecule has 0 spiro atoms. The van der Waals surface area contributed by atoms with Crippen molar-refractivity contribution in [2.24, 2.45) is 5.92 Å². The molecule has 5 nitrogen and oxygen atoms in total. The largest absolute Gasteiger partial charge is 0.493 e. The maximum atomic E-state index is 13.8. The zero-order valence-electron chi connectivity index (χ0n) is 14.0. The van der Waals surface area contributed by atoms with E-state index in [2.05, 4.69) is 4.98 Å². The van der Waals surface area contributed by atoms with Crippen LogP contribution in [-0.4, -0.2) is 35.9 Å². The number of ether oxygens (including phenoxy) is 2. The van der Waals surface area contributed by atoms with E-state index in [1.54, 1.807) is 13.0 Å². The molecular formula is C19H20FNO4. The number of halogens is 1. The summed E-state index contributed by atoms with van der Waals surface area (Å²) in [5.74, 6) is -0.543. The van der Waals surface area contributed by atoms with Crippen LogP contribution in [-0.2, 0) is 4.74 Å². The SMILES string of the molecule is Cc1c(C(=O)O)cncc1-c1cc(F)ccc1OCC1CCOCC1. The lowest BCUT2D eigenvalue weighted by molar-refractivity contribution is 0.0498. The third kappa shape index (κ3) is 3.96. The van der Waals surface area contributed by atoms with Crippen LogP contribution in [0.3, 0.4) is 0 Å². The summed E-state index contributed by atoms with van der Waals surface area (Å²) < 4.78 is 25.1. The number of aromatic nitrogens is 1. The number of hydrogen-bond donors (Lipinski definition) is 1. The van der Waals surface area contributed by atoms with Crippen molar-refractivity contribution in [2.45, 2.75) is 19.8 Å². The fraction of sp³-hybridized carbons (Fsp3) is 0.368. The summed E-state index contributed by atoms with van der Waals surface area (Å²) in [5.41, 5.74) is 1.70. The molecule has 3 rings (SSSR count). The molecule has 1 N–H and O–H groups in total. The van der Waals surface area contributed by atoms with E-state index in [1.165, 1.54) is 24.5 Å². The average molecular weight is 345 g/mol. The molecule has 2 aromatic rings. The van der Waals surface area contributed by atoms with Crippen molar-refractivity contribution in [1.82, 2.24) is 4.98 Å². The van der Waals surface area contributed by atoms with Gasteiger partial charge in [0.2, 0.25) is 0 Å². The first-order chi connectivity index (χ1) is 12.1. The number of carboxylic acid groups (broad SMARTS) is 1. The van der Waals surface area contributed by atoms with Gasteiger partial charge in [0.25, 0.3) is 0 Å². The van der Waals surface area contributed by atoms with Gasteiger partial charge in [0.15, 0.2) is 0 Å². The first kappa shape index (κ1) is 17.4. The van der Waals surface area contributed by atoms with Crippen LogP contribution in [0, 0.1) is 18.7 Å². The van der Waals surface area contributed by atoms with Crippen molar-refractivity contribution < 1.29 is 23.8 Å². The van der Waals surface area contributed by atoms with Crippen molar-refractivity contribution in [3.05, 3.63) is 47.5 Å². The van der Waals surface area contributed by atoms with E-state index < -0.39 is 11.8 Å². The Balaban J connectivity index is 1.91. The first-order valence-corrected chi connectivity index (χ1v) is 8.24. The number of hydrogen-bond acceptors (Lipinski definition) is 4. The normalized spacial score (nSPS) is 15.1. The molecule has 1 aliphatic heterocycles. The van der Waals surface area contributed by atoms with Crippen LogP contribution in [0.1, 0.15) is 28.8 Å². The monoisotopic (exact) mass is 345 g/mol. The zero-order valence-corrected chi connectivity index (χ0v) is 14.0. The minimum atomic E-state index is -1.06. The molecule has 1 aliphatic rings. The van der Waals surface area contributed by atoms with Crippen LogP contribution in [0.4, 0.5) is 4.39 Å². The van der Waals surface area contributed by atoms with E-state index in [0.717, 1.165) is 26.1 Å². The van der Waals surface area contributed by atoms with Gasteiger partial charge in [-0.05, 0) is 49.4 Å². The lowest BCUT2D eigenvalue weighted by atomic mass is 9.98. The van der Waals surface area contributed by atoms with E-state index in [-0.39, 0.29) is 5.56 Å². The van der Waals surface area contributed by atoms with Crippen LogP contribution >= 0.6 is 0 Å². The predicted molar refractivity (Wildman–Crippen MR) is 90.4 cm³/mol. The van der Waals surface area contributed by atoms with Gasteiger partial charge in [0, 0.05) is 36.7 Å². The maximum Gasteiger partial charge on any atom is 0.337 e. The van der Waals surface area contributed by atoms with Crippen molar-refractivity contribution in [3.8, 4) is 16.9 Å². The van der Waals surface area contributed by atoms with E-state index >= 15 is 0 Å². The highest BCUT2D eigenvalue weighted by molar-refractivity contribution is 5.91. The van der Waals surface area contributed by atoms with Gasteiger partial charge in [-0.1, -0.05) is 0 Å². The van der Waals surface area contributed by atoms with Gasteiger partial charge in [-0.25, -0.2) is 9.18 Å². The van der Waals surface area contributed by atoms with Crippen molar-refractivity contribution in [1.29, 1.82) is 0 Å². The summed E-state index contributed by atoms with van der Waals surface area (Å²) in [4.78, 5) is 15.3. The zero-order chi connectivity index (χ0) is 17.8. The lowest BCUT2D eigenvalue weighted by Crippen LogP contribution is -2.21. The molecule has 1 aromatic carbocycles. The van der Waals surface area contributed by atoms with Crippen molar-refractivity contribution in [2.75, 3.05) is 19.8 Å². The Labute approximate surface area is 145 Å². The van der Waals surface area contributed by atoms with Crippen LogP contribution in [0.5, 0.6) is 5.75 Å². The number of rotatable bonds is 5. The molecule has 2 heterocycles. The second-order valence-electron chi connectivity index (χ2n) is 6.17. The highest BCUT2D eigenvalue weighted by Gasteiger charge is 2.18. The summed E-state index contributed by atoms with van der Waals surface area (Å²) in [5, 5.41) is 9.28. The number of nitrogens with zero attached hydrogens (tertiary/aromatic N) is 1. The Morgan fingerprint density at radius 2 is 2.08 bits per heavy atom. The number of aromatic carboxylic acids is 1. The van der Waals surface area contributed by atoms with Crippen LogP contribution < -0.4 is 4.74 Å². The molecular weight excluding hydrogens is 325 g/mol. The van der Waals surface area contributed by atoms with Crippen LogP contribution in [0.25, 0.3) is 11.1 Å². The quantitative estimate of drug-likeness (QED) is 0.895. The number of carboxylic acids is 1. The molecule has 6 heteroatoms. The maximum absolute atomic E-state index is 13.8. The third-order valence-corrected chi connectivity index (χ3v) is 4.49. The fourth-order valence-corrected chi connectivity index (χ4v) is 2.97. The molecule has 132 valence electrons. The summed E-state index contributed by atoms with van der Waals surface area (Å²) in [6.07, 6.45) is 4.71. The van der Waals surface area contributed by atoms with Crippen molar-refractivity contribution >= 4 is 5.97 Å². The molecule has 0 unspecified atom stereocenters. The molecule has 0 bridgehead atoms. The van der Waals surface area contributed by atoms with Crippen molar-refractivity contribution in [3.63, 3.8) is 0 Å². The fourth-order valence-electron chi connectivity index (χ4n) is 2.97. The topological polar surface area (TPSA) is 68.7 Å². The Kier molecular flexibility index (Phi) is 5.28. The van der Waals surface area contributed by atoms with Crippen LogP contribution in [0.15, 0.2) is 30.6 Å². The van der Waals surface area contributed by atoms with E-state index in [1.807, 2.05) is 0 Å². The van der Waals surface area contributed by atoms with Gasteiger partial charge >= 0.3 is 5.97 Å². The minimum Gasteiger partial charge on any atom is -0.493 e. The number of carbonyl (C=O) groups is 1. The van der Waals surface area contributed by atoms with Gasteiger partial charge in [0.05, 0.1) is 12.2 Å². The second kappa shape index (κ2) is 7.61. The average Bonchev–Trinajstić information content (AvgIpc) is 2.61. The molecule has 0 radical (unpaired) electrons. The van der Waals surface area contributed by atoms with Gasteiger partial charge in [-0.15, -0.1) is 0 Å². The molecule has 25 heavy (non-hydrogen) atoms. The molecule has 0 aliphatic carbocycles. The molecule has 0 saturated carbocycles. The molecule has 0 atom stereocenters. The summed E-state index contributed by atoms with van der Waals surface area (Å²) in [6, 6.07) is 4.28. The smallest absolute Gasteiger partial charge is 0.337 e. The Bertz CT molecular complexity index is 772. The number of benzene rings is 1. The van der Waals surface area contributed by atoms with E-state index in [0.29, 0.717) is 35.0 Å². The Morgan fingerprint density at radius 3 is 2.80 bits per heavy atom. The van der Waals surface area contributed by atoms with Gasteiger partial charge in [-0.3, -0.25) is 4.98 Å². The Hall–Kier alpha value is -2.47. The van der Waals surface area contributed by atoms with E-state index in [4.69, 9.17) is 9.47 Å².